The highest BCUT2D eigenvalue weighted by molar-refractivity contribution is 6.48. The van der Waals surface area contributed by atoms with Crippen LogP contribution in [0.25, 0.3) is 5.03 Å². The van der Waals surface area contributed by atoms with Gasteiger partial charge in [0.05, 0.1) is 21.3 Å². The molecule has 0 bridgehead atoms. The first-order valence-electron chi connectivity index (χ1n) is 4.28. The molecule has 0 spiro atoms. The van der Waals surface area contributed by atoms with Gasteiger partial charge in [-0.25, -0.2) is 0 Å². The van der Waals surface area contributed by atoms with Crippen molar-refractivity contribution in [1.82, 2.24) is 0 Å². The molecule has 0 aromatic heterocycles. The average Bonchev–Trinajstić information content (AvgIpc) is 2.26. The van der Waals surface area contributed by atoms with Gasteiger partial charge in [0.15, 0.2) is 11.5 Å². The SMILES string of the molecule is C=C(Cl)c1cc(OC)c(OC)c(OC)c1. The third-order valence-electron chi connectivity index (χ3n) is 1.98. The minimum atomic E-state index is 0.425. The molecule has 3 nitrogen and oxygen atoms in total. The van der Waals surface area contributed by atoms with E-state index < -0.39 is 0 Å². The lowest BCUT2D eigenvalue weighted by Crippen LogP contribution is -1.95. The summed E-state index contributed by atoms with van der Waals surface area (Å²) in [5.41, 5.74) is 0.742. The molecule has 1 aromatic carbocycles. The summed E-state index contributed by atoms with van der Waals surface area (Å²) in [6.07, 6.45) is 0. The highest BCUT2D eigenvalue weighted by Crippen LogP contribution is 2.40. The summed E-state index contributed by atoms with van der Waals surface area (Å²) in [7, 11) is 4.66. The molecule has 1 aromatic rings. The van der Waals surface area contributed by atoms with Crippen LogP contribution in [0.15, 0.2) is 18.7 Å². The van der Waals surface area contributed by atoms with Crippen molar-refractivity contribution in [2.24, 2.45) is 0 Å². The maximum absolute atomic E-state index is 5.81. The van der Waals surface area contributed by atoms with E-state index in [0.717, 1.165) is 5.56 Å². The predicted octanol–water partition coefficient (Wildman–Crippen LogP) is 2.92. The second kappa shape index (κ2) is 4.94. The fourth-order valence-electron chi connectivity index (χ4n) is 1.24. The Hall–Kier alpha value is -1.35. The van der Waals surface area contributed by atoms with Crippen LogP contribution in [-0.2, 0) is 0 Å². The summed E-state index contributed by atoms with van der Waals surface area (Å²) in [6, 6.07) is 3.49. The van der Waals surface area contributed by atoms with Gasteiger partial charge in [-0.3, -0.25) is 0 Å². The van der Waals surface area contributed by atoms with Gasteiger partial charge in [0.25, 0.3) is 0 Å². The Labute approximate surface area is 94.2 Å². The van der Waals surface area contributed by atoms with E-state index in [-0.39, 0.29) is 0 Å². The van der Waals surface area contributed by atoms with Crippen LogP contribution in [0.4, 0.5) is 0 Å². The largest absolute Gasteiger partial charge is 0.493 e. The first-order chi connectivity index (χ1) is 7.13. The first-order valence-corrected chi connectivity index (χ1v) is 4.66. The predicted molar refractivity (Wildman–Crippen MR) is 61.0 cm³/mol. The van der Waals surface area contributed by atoms with Crippen LogP contribution in [0.5, 0.6) is 17.2 Å². The molecule has 0 aliphatic heterocycles. The number of rotatable bonds is 4. The fourth-order valence-corrected chi connectivity index (χ4v) is 1.35. The molecule has 1 rings (SSSR count). The van der Waals surface area contributed by atoms with Gasteiger partial charge >= 0.3 is 0 Å². The maximum atomic E-state index is 5.81. The lowest BCUT2D eigenvalue weighted by atomic mass is 10.2. The summed E-state index contributed by atoms with van der Waals surface area (Å²) in [5.74, 6) is 1.67. The van der Waals surface area contributed by atoms with Crippen molar-refractivity contribution in [3.05, 3.63) is 24.3 Å². The van der Waals surface area contributed by atoms with Crippen molar-refractivity contribution in [3.8, 4) is 17.2 Å². The summed E-state index contributed by atoms with van der Waals surface area (Å²) >= 11 is 5.81. The second-order valence-electron chi connectivity index (χ2n) is 2.82. The van der Waals surface area contributed by atoms with E-state index in [1.165, 1.54) is 0 Å². The molecular formula is C11H13ClO3. The van der Waals surface area contributed by atoms with E-state index in [1.54, 1.807) is 33.5 Å². The molecule has 0 aliphatic carbocycles. The number of methoxy groups -OCH3 is 3. The minimum Gasteiger partial charge on any atom is -0.493 e. The third kappa shape index (κ3) is 2.36. The molecule has 0 radical (unpaired) electrons. The molecule has 0 unspecified atom stereocenters. The quantitative estimate of drug-likeness (QED) is 0.793. The number of halogens is 1. The van der Waals surface area contributed by atoms with Gasteiger partial charge < -0.3 is 14.2 Å². The van der Waals surface area contributed by atoms with E-state index in [2.05, 4.69) is 6.58 Å². The number of hydrogen-bond acceptors (Lipinski definition) is 3. The monoisotopic (exact) mass is 228 g/mol. The molecule has 0 saturated carbocycles. The lowest BCUT2D eigenvalue weighted by molar-refractivity contribution is 0.324. The molecule has 0 fully saturated rings. The molecule has 0 N–H and O–H groups in total. The van der Waals surface area contributed by atoms with Crippen molar-refractivity contribution < 1.29 is 14.2 Å². The summed E-state index contributed by atoms with van der Waals surface area (Å²) < 4.78 is 15.5. The van der Waals surface area contributed by atoms with E-state index in [4.69, 9.17) is 25.8 Å². The Morgan fingerprint density at radius 3 is 1.80 bits per heavy atom. The highest BCUT2D eigenvalue weighted by atomic mass is 35.5. The molecule has 0 aliphatic rings. The Kier molecular flexibility index (Phi) is 3.86. The van der Waals surface area contributed by atoms with Gasteiger partial charge in [0.1, 0.15) is 0 Å². The fraction of sp³-hybridized carbons (Fsp3) is 0.273. The van der Waals surface area contributed by atoms with Gasteiger partial charge in [-0.15, -0.1) is 0 Å². The summed E-state index contributed by atoms with van der Waals surface area (Å²) in [6.45, 7) is 3.65. The van der Waals surface area contributed by atoms with Crippen LogP contribution < -0.4 is 14.2 Å². The number of hydrogen-bond donors (Lipinski definition) is 0. The average molecular weight is 229 g/mol. The van der Waals surface area contributed by atoms with Crippen molar-refractivity contribution >= 4 is 16.6 Å². The summed E-state index contributed by atoms with van der Waals surface area (Å²) in [4.78, 5) is 0. The van der Waals surface area contributed by atoms with E-state index in [0.29, 0.717) is 22.3 Å². The van der Waals surface area contributed by atoms with Crippen LogP contribution in [0.1, 0.15) is 5.56 Å². The molecule has 4 heteroatoms. The van der Waals surface area contributed by atoms with Gasteiger partial charge in [0.2, 0.25) is 5.75 Å². The molecule has 15 heavy (non-hydrogen) atoms. The van der Waals surface area contributed by atoms with Crippen LogP contribution in [0.3, 0.4) is 0 Å². The van der Waals surface area contributed by atoms with Crippen molar-refractivity contribution in [2.45, 2.75) is 0 Å². The van der Waals surface area contributed by atoms with Crippen molar-refractivity contribution in [3.63, 3.8) is 0 Å². The molecule has 82 valence electrons. The highest BCUT2D eigenvalue weighted by Gasteiger charge is 2.13. The third-order valence-corrected chi connectivity index (χ3v) is 2.20. The molecule has 0 heterocycles. The molecule has 0 saturated heterocycles. The van der Waals surface area contributed by atoms with Gasteiger partial charge in [-0.2, -0.15) is 0 Å². The topological polar surface area (TPSA) is 27.7 Å². The van der Waals surface area contributed by atoms with Crippen molar-refractivity contribution in [2.75, 3.05) is 21.3 Å². The molecule has 0 amide bonds. The van der Waals surface area contributed by atoms with Crippen LogP contribution in [-0.4, -0.2) is 21.3 Å². The van der Waals surface area contributed by atoms with E-state index in [1.807, 2.05) is 0 Å². The van der Waals surface area contributed by atoms with Gasteiger partial charge in [0, 0.05) is 10.6 Å². The maximum Gasteiger partial charge on any atom is 0.203 e. The summed E-state index contributed by atoms with van der Waals surface area (Å²) in [5, 5.41) is 0.425. The Morgan fingerprint density at radius 1 is 1.07 bits per heavy atom. The Morgan fingerprint density at radius 2 is 1.53 bits per heavy atom. The standard InChI is InChI=1S/C11H13ClO3/c1-7(12)8-5-9(13-2)11(15-4)10(6-8)14-3/h5-6H,1H2,2-4H3. The zero-order valence-corrected chi connectivity index (χ0v) is 9.72. The first kappa shape index (κ1) is 11.7. The Bertz CT molecular complexity index is 349. The molecule has 0 atom stereocenters. The van der Waals surface area contributed by atoms with Crippen molar-refractivity contribution in [1.29, 1.82) is 0 Å². The smallest absolute Gasteiger partial charge is 0.203 e. The minimum absolute atomic E-state index is 0.425. The number of ether oxygens (including phenoxy) is 3. The van der Waals surface area contributed by atoms with Crippen LogP contribution >= 0.6 is 11.6 Å². The van der Waals surface area contributed by atoms with Crippen LogP contribution in [0, 0.1) is 0 Å². The normalized spacial score (nSPS) is 9.60. The zero-order valence-electron chi connectivity index (χ0n) is 8.96. The molecular weight excluding hydrogens is 216 g/mol. The van der Waals surface area contributed by atoms with Crippen LogP contribution in [0.2, 0.25) is 0 Å². The Balaban J connectivity index is 3.35. The second-order valence-corrected chi connectivity index (χ2v) is 3.28. The zero-order chi connectivity index (χ0) is 11.4. The van der Waals surface area contributed by atoms with Gasteiger partial charge in [-0.05, 0) is 12.1 Å². The number of benzene rings is 1. The van der Waals surface area contributed by atoms with E-state index >= 15 is 0 Å². The lowest BCUT2D eigenvalue weighted by Gasteiger charge is -2.13. The van der Waals surface area contributed by atoms with E-state index in [9.17, 15) is 0 Å². The van der Waals surface area contributed by atoms with Gasteiger partial charge in [-0.1, -0.05) is 18.2 Å².